The zero-order chi connectivity index (χ0) is 9.84. The Morgan fingerprint density at radius 1 is 1.54 bits per heavy atom. The van der Waals surface area contributed by atoms with Crippen LogP contribution in [0.25, 0.3) is 0 Å². The third-order valence-electron chi connectivity index (χ3n) is 1.18. The van der Waals surface area contributed by atoms with Gasteiger partial charge in [-0.15, -0.1) is 0 Å². The number of nitriles is 1. The lowest BCUT2D eigenvalue weighted by atomic mass is 10.3. The molecule has 0 aromatic carbocycles. The molecular weight excluding hydrogens is 202 g/mol. The second-order valence-corrected chi connectivity index (χ2v) is 2.37. The molecule has 1 heterocycles. The molecule has 1 aromatic rings. The second-order valence-electron chi connectivity index (χ2n) is 1.99. The highest BCUT2D eigenvalue weighted by atomic mass is 35.5. The lowest BCUT2D eigenvalue weighted by Crippen LogP contribution is -2.03. The molecule has 13 heavy (non-hydrogen) atoms. The third kappa shape index (κ3) is 2.26. The Balaban J connectivity index is 3.03. The van der Waals surface area contributed by atoms with Gasteiger partial charge < -0.3 is 4.74 Å². The molecule has 68 valence electrons. The van der Waals surface area contributed by atoms with Gasteiger partial charge in [-0.3, -0.25) is 4.98 Å². The highest BCUT2D eigenvalue weighted by Crippen LogP contribution is 2.27. The fraction of sp³-hybridized carbons (Fsp3) is 0.143. The van der Waals surface area contributed by atoms with Gasteiger partial charge in [0, 0.05) is 6.20 Å². The molecule has 0 spiro atoms. The molecule has 0 radical (unpaired) electrons. The van der Waals surface area contributed by atoms with Crippen molar-refractivity contribution in [2.75, 3.05) is 0 Å². The number of hydrogen-bond acceptors (Lipinski definition) is 3. The minimum atomic E-state index is -2.98. The highest BCUT2D eigenvalue weighted by molar-refractivity contribution is 6.33. The van der Waals surface area contributed by atoms with Crippen molar-refractivity contribution in [1.82, 2.24) is 4.98 Å². The summed E-state index contributed by atoms with van der Waals surface area (Å²) in [4.78, 5) is 3.50. The molecule has 0 aliphatic carbocycles. The van der Waals surface area contributed by atoms with Crippen molar-refractivity contribution in [2.45, 2.75) is 6.61 Å². The summed E-state index contributed by atoms with van der Waals surface area (Å²) in [6.07, 6.45) is 2.19. The predicted octanol–water partition coefficient (Wildman–Crippen LogP) is 2.21. The van der Waals surface area contributed by atoms with E-state index in [9.17, 15) is 8.78 Å². The molecule has 0 N–H and O–H groups in total. The molecule has 0 atom stereocenters. The minimum absolute atomic E-state index is 0.000170. The number of ether oxygens (including phenoxy) is 1. The van der Waals surface area contributed by atoms with Crippen LogP contribution >= 0.6 is 11.6 Å². The van der Waals surface area contributed by atoms with Gasteiger partial charge in [-0.2, -0.15) is 14.0 Å². The molecule has 0 unspecified atom stereocenters. The number of pyridine rings is 1. The van der Waals surface area contributed by atoms with Crippen LogP contribution in [0.5, 0.6) is 5.75 Å². The number of alkyl halides is 2. The molecule has 0 aliphatic heterocycles. The van der Waals surface area contributed by atoms with Crippen molar-refractivity contribution in [3.05, 3.63) is 23.0 Å². The molecule has 0 aliphatic rings. The first kappa shape index (κ1) is 9.68. The fourth-order valence-corrected chi connectivity index (χ4v) is 0.866. The van der Waals surface area contributed by atoms with E-state index in [2.05, 4.69) is 9.72 Å². The van der Waals surface area contributed by atoms with E-state index < -0.39 is 6.61 Å². The van der Waals surface area contributed by atoms with Crippen molar-refractivity contribution in [2.24, 2.45) is 0 Å². The molecule has 0 bridgehead atoms. The summed E-state index contributed by atoms with van der Waals surface area (Å²) in [7, 11) is 0. The van der Waals surface area contributed by atoms with Crippen LogP contribution in [0.1, 0.15) is 5.56 Å². The average molecular weight is 205 g/mol. The average Bonchev–Trinajstić information content (AvgIpc) is 2.08. The minimum Gasteiger partial charge on any atom is -0.432 e. The van der Waals surface area contributed by atoms with Crippen LogP contribution in [-0.4, -0.2) is 11.6 Å². The van der Waals surface area contributed by atoms with Gasteiger partial charge in [0.25, 0.3) is 0 Å². The van der Waals surface area contributed by atoms with Crippen LogP contribution in [-0.2, 0) is 0 Å². The summed E-state index contributed by atoms with van der Waals surface area (Å²) in [5.41, 5.74) is -0.000170. The van der Waals surface area contributed by atoms with E-state index in [1.807, 2.05) is 0 Å². The van der Waals surface area contributed by atoms with Crippen molar-refractivity contribution < 1.29 is 13.5 Å². The maximum absolute atomic E-state index is 11.7. The molecule has 3 nitrogen and oxygen atoms in total. The van der Waals surface area contributed by atoms with Gasteiger partial charge in [0.1, 0.15) is 11.1 Å². The normalized spacial score (nSPS) is 9.77. The number of aromatic nitrogens is 1. The molecule has 0 saturated carbocycles. The predicted molar refractivity (Wildman–Crippen MR) is 40.6 cm³/mol. The Hall–Kier alpha value is -1.41. The monoisotopic (exact) mass is 204 g/mol. The van der Waals surface area contributed by atoms with Gasteiger partial charge in [-0.25, -0.2) is 0 Å². The van der Waals surface area contributed by atoms with Crippen LogP contribution in [0.15, 0.2) is 12.4 Å². The second kappa shape index (κ2) is 4.01. The summed E-state index contributed by atoms with van der Waals surface area (Å²) in [5, 5.41) is 8.30. The summed E-state index contributed by atoms with van der Waals surface area (Å²) < 4.78 is 27.5. The summed E-state index contributed by atoms with van der Waals surface area (Å²) in [6, 6.07) is 1.69. The summed E-state index contributed by atoms with van der Waals surface area (Å²) in [6.45, 7) is -2.98. The number of rotatable bonds is 2. The maximum Gasteiger partial charge on any atom is 0.387 e. The first-order valence-corrected chi connectivity index (χ1v) is 3.51. The quantitative estimate of drug-likeness (QED) is 0.742. The van der Waals surface area contributed by atoms with Crippen molar-refractivity contribution >= 4 is 11.6 Å². The van der Waals surface area contributed by atoms with Crippen LogP contribution in [0.4, 0.5) is 8.78 Å². The molecule has 6 heteroatoms. The zero-order valence-corrected chi connectivity index (χ0v) is 6.92. The largest absolute Gasteiger partial charge is 0.432 e. The lowest BCUT2D eigenvalue weighted by Gasteiger charge is -2.05. The standard InChI is InChI=1S/C7H3ClF2N2O/c8-6-4(1-11)2-12-3-5(6)13-7(9)10/h2-3,7H. The smallest absolute Gasteiger partial charge is 0.387 e. The van der Waals surface area contributed by atoms with E-state index >= 15 is 0 Å². The van der Waals surface area contributed by atoms with Gasteiger partial charge in [0.2, 0.25) is 0 Å². The highest BCUT2D eigenvalue weighted by Gasteiger charge is 2.11. The molecule has 1 rings (SSSR count). The van der Waals surface area contributed by atoms with Crippen LogP contribution < -0.4 is 4.74 Å². The number of hydrogen-bond donors (Lipinski definition) is 0. The van der Waals surface area contributed by atoms with Crippen molar-refractivity contribution in [3.8, 4) is 11.8 Å². The Labute approximate surface area is 77.5 Å². The topological polar surface area (TPSA) is 45.9 Å². The van der Waals surface area contributed by atoms with Gasteiger partial charge in [-0.05, 0) is 0 Å². The fourth-order valence-electron chi connectivity index (χ4n) is 0.682. The summed E-state index contributed by atoms with van der Waals surface area (Å²) in [5.74, 6) is -0.296. The molecular formula is C7H3ClF2N2O. The Bertz CT molecular complexity index is 351. The van der Waals surface area contributed by atoms with Gasteiger partial charge in [0.05, 0.1) is 11.8 Å². The van der Waals surface area contributed by atoms with Crippen molar-refractivity contribution in [3.63, 3.8) is 0 Å². The van der Waals surface area contributed by atoms with Gasteiger partial charge in [0.15, 0.2) is 5.75 Å². The number of nitrogens with zero attached hydrogens (tertiary/aromatic N) is 2. The SMILES string of the molecule is N#Cc1cncc(OC(F)F)c1Cl. The Morgan fingerprint density at radius 3 is 2.77 bits per heavy atom. The van der Waals surface area contributed by atoms with E-state index in [0.29, 0.717) is 0 Å². The van der Waals surface area contributed by atoms with Crippen molar-refractivity contribution in [1.29, 1.82) is 5.26 Å². The van der Waals surface area contributed by atoms with Crippen LogP contribution in [0.2, 0.25) is 5.02 Å². The van der Waals surface area contributed by atoms with E-state index in [1.165, 1.54) is 6.20 Å². The third-order valence-corrected chi connectivity index (χ3v) is 1.57. The van der Waals surface area contributed by atoms with E-state index in [0.717, 1.165) is 6.20 Å². The molecule has 0 amide bonds. The number of halogens is 3. The zero-order valence-electron chi connectivity index (χ0n) is 6.17. The maximum atomic E-state index is 11.7. The van der Waals surface area contributed by atoms with E-state index in [1.54, 1.807) is 6.07 Å². The van der Waals surface area contributed by atoms with Gasteiger partial charge >= 0.3 is 6.61 Å². The Morgan fingerprint density at radius 2 is 2.23 bits per heavy atom. The van der Waals surface area contributed by atoms with Crippen LogP contribution in [0.3, 0.4) is 0 Å². The lowest BCUT2D eigenvalue weighted by molar-refractivity contribution is -0.0500. The molecule has 0 fully saturated rings. The first-order chi connectivity index (χ1) is 6.15. The molecule has 0 saturated heterocycles. The van der Waals surface area contributed by atoms with E-state index in [4.69, 9.17) is 16.9 Å². The first-order valence-electron chi connectivity index (χ1n) is 3.13. The summed E-state index contributed by atoms with van der Waals surface area (Å²) >= 11 is 5.53. The molecule has 1 aromatic heterocycles. The van der Waals surface area contributed by atoms with Gasteiger partial charge in [-0.1, -0.05) is 11.6 Å². The van der Waals surface area contributed by atoms with E-state index in [-0.39, 0.29) is 16.3 Å². The van der Waals surface area contributed by atoms with Crippen LogP contribution in [0, 0.1) is 11.3 Å². The Kier molecular flexibility index (Phi) is 2.98.